The molecule has 3 aromatic carbocycles. The molecule has 1 aromatic heterocycles. The summed E-state index contributed by atoms with van der Waals surface area (Å²) in [5, 5.41) is 7.59. The Kier molecular flexibility index (Phi) is 4.91. The molecule has 31 heavy (non-hydrogen) atoms. The van der Waals surface area contributed by atoms with Crippen LogP contribution in [0.25, 0.3) is 11.3 Å². The van der Waals surface area contributed by atoms with Crippen LogP contribution < -0.4 is 0 Å². The van der Waals surface area contributed by atoms with Gasteiger partial charge in [-0.3, -0.25) is 9.89 Å². The van der Waals surface area contributed by atoms with Gasteiger partial charge in [0.1, 0.15) is 5.69 Å². The Labute approximate surface area is 182 Å². The molecule has 0 aliphatic carbocycles. The number of amides is 1. The summed E-state index contributed by atoms with van der Waals surface area (Å²) in [6.07, 6.45) is 0.989. The lowest BCUT2D eigenvalue weighted by atomic mass is 9.95. The first-order valence-corrected chi connectivity index (χ1v) is 10.7. The van der Waals surface area contributed by atoms with Crippen molar-refractivity contribution in [3.05, 3.63) is 112 Å². The molecule has 1 aliphatic rings. The van der Waals surface area contributed by atoms with E-state index in [1.807, 2.05) is 35.2 Å². The number of hydrogen-bond acceptors (Lipinski definition) is 2. The number of aromatic nitrogens is 2. The van der Waals surface area contributed by atoms with Gasteiger partial charge in [-0.1, -0.05) is 91.3 Å². The fraction of sp³-hybridized carbons (Fsp3) is 0.185. The predicted molar refractivity (Wildman–Crippen MR) is 123 cm³/mol. The highest BCUT2D eigenvalue weighted by atomic mass is 16.2. The molecule has 4 heteroatoms. The van der Waals surface area contributed by atoms with Crippen molar-refractivity contribution in [2.45, 2.75) is 32.9 Å². The van der Waals surface area contributed by atoms with Crippen molar-refractivity contribution in [1.29, 1.82) is 0 Å². The number of carbonyl (C=O) groups excluding carboxylic acids is 1. The number of H-pyrrole nitrogens is 1. The lowest BCUT2D eigenvalue weighted by molar-refractivity contribution is 0.0730. The van der Waals surface area contributed by atoms with Gasteiger partial charge < -0.3 is 4.90 Å². The minimum atomic E-state index is -0.177. The van der Waals surface area contributed by atoms with E-state index in [0.717, 1.165) is 34.4 Å². The molecule has 5 rings (SSSR count). The molecule has 0 radical (unpaired) electrons. The third-order valence-electron chi connectivity index (χ3n) is 6.09. The molecule has 4 nitrogen and oxygen atoms in total. The van der Waals surface area contributed by atoms with Crippen molar-refractivity contribution in [3.8, 4) is 11.3 Å². The highest BCUT2D eigenvalue weighted by Gasteiger charge is 2.42. The molecule has 0 fully saturated rings. The topological polar surface area (TPSA) is 49.0 Å². The van der Waals surface area contributed by atoms with Crippen molar-refractivity contribution in [3.63, 3.8) is 0 Å². The smallest absolute Gasteiger partial charge is 0.273 e. The van der Waals surface area contributed by atoms with Crippen molar-refractivity contribution in [2.75, 3.05) is 0 Å². The predicted octanol–water partition coefficient (Wildman–Crippen LogP) is 5.69. The zero-order chi connectivity index (χ0) is 21.4. The van der Waals surface area contributed by atoms with Gasteiger partial charge in [0.2, 0.25) is 0 Å². The number of aryl methyl sites for hydroxylation is 2. The molecule has 4 aromatic rings. The third-order valence-corrected chi connectivity index (χ3v) is 6.09. The first-order chi connectivity index (χ1) is 15.2. The summed E-state index contributed by atoms with van der Waals surface area (Å²) >= 11 is 0. The second-order valence-electron chi connectivity index (χ2n) is 8.14. The number of carbonyl (C=O) groups is 1. The number of aromatic amines is 1. The van der Waals surface area contributed by atoms with Gasteiger partial charge in [0.25, 0.3) is 5.91 Å². The van der Waals surface area contributed by atoms with E-state index in [0.29, 0.717) is 12.2 Å². The van der Waals surface area contributed by atoms with E-state index in [-0.39, 0.29) is 11.9 Å². The van der Waals surface area contributed by atoms with Gasteiger partial charge in [-0.05, 0) is 30.0 Å². The lowest BCUT2D eigenvalue weighted by Crippen LogP contribution is -2.29. The SMILES string of the molecule is CCc1ccc(C2c3c(-c4ccccc4)n[nH]c3C(=O)N2Cc2ccc(C)cc2)cc1. The second kappa shape index (κ2) is 7.88. The van der Waals surface area contributed by atoms with Crippen molar-refractivity contribution < 1.29 is 4.79 Å². The first kappa shape index (κ1) is 19.3. The molecule has 0 saturated heterocycles. The number of nitrogens with one attached hydrogen (secondary N) is 1. The highest BCUT2D eigenvalue weighted by Crippen LogP contribution is 2.43. The minimum absolute atomic E-state index is 0.00479. The maximum absolute atomic E-state index is 13.5. The maximum Gasteiger partial charge on any atom is 0.273 e. The minimum Gasteiger partial charge on any atom is -0.322 e. The maximum atomic E-state index is 13.5. The van der Waals surface area contributed by atoms with Crippen molar-refractivity contribution >= 4 is 5.91 Å². The van der Waals surface area contributed by atoms with E-state index in [2.05, 4.69) is 72.6 Å². The Morgan fingerprint density at radius 3 is 2.26 bits per heavy atom. The van der Waals surface area contributed by atoms with Crippen LogP contribution in [0.1, 0.15) is 51.3 Å². The summed E-state index contributed by atoms with van der Waals surface area (Å²) in [6.45, 7) is 4.78. The first-order valence-electron chi connectivity index (χ1n) is 10.7. The molecule has 1 amide bonds. The van der Waals surface area contributed by atoms with E-state index in [1.165, 1.54) is 11.1 Å². The van der Waals surface area contributed by atoms with Gasteiger partial charge in [0.15, 0.2) is 0 Å². The number of rotatable bonds is 5. The van der Waals surface area contributed by atoms with Crippen LogP contribution in [0.2, 0.25) is 0 Å². The average molecular weight is 408 g/mol. The van der Waals surface area contributed by atoms with Crippen LogP contribution in [0.5, 0.6) is 0 Å². The number of nitrogens with zero attached hydrogens (tertiary/aromatic N) is 2. The Balaban J connectivity index is 1.62. The molecule has 154 valence electrons. The van der Waals surface area contributed by atoms with Crippen LogP contribution in [0.15, 0.2) is 78.9 Å². The molecule has 2 heterocycles. The van der Waals surface area contributed by atoms with E-state index < -0.39 is 0 Å². The third kappa shape index (κ3) is 3.44. The Hall–Kier alpha value is -3.66. The largest absolute Gasteiger partial charge is 0.322 e. The molecule has 0 bridgehead atoms. The monoisotopic (exact) mass is 407 g/mol. The molecule has 0 spiro atoms. The average Bonchev–Trinajstić information content (AvgIpc) is 3.35. The second-order valence-corrected chi connectivity index (χ2v) is 8.14. The van der Waals surface area contributed by atoms with Crippen LogP contribution in [0.3, 0.4) is 0 Å². The van der Waals surface area contributed by atoms with Crippen LogP contribution in [0, 0.1) is 6.92 Å². The van der Waals surface area contributed by atoms with Gasteiger partial charge in [0, 0.05) is 17.7 Å². The fourth-order valence-electron chi connectivity index (χ4n) is 4.35. The fourth-order valence-corrected chi connectivity index (χ4v) is 4.35. The summed E-state index contributed by atoms with van der Waals surface area (Å²) in [5.74, 6) is -0.00479. The molecule has 0 saturated carbocycles. The molecule has 1 atom stereocenters. The van der Waals surface area contributed by atoms with Crippen LogP contribution in [-0.4, -0.2) is 21.0 Å². The molecule has 1 aliphatic heterocycles. The van der Waals surface area contributed by atoms with Gasteiger partial charge >= 0.3 is 0 Å². The standard InChI is InChI=1S/C27H25N3O/c1-3-19-13-15-22(16-14-19)26-23-24(21-7-5-4-6-8-21)28-29-25(23)27(31)30(26)17-20-11-9-18(2)10-12-20/h4-16,26H,3,17H2,1-2H3,(H,28,29). The zero-order valence-corrected chi connectivity index (χ0v) is 17.8. The van der Waals surface area contributed by atoms with Crippen molar-refractivity contribution in [2.24, 2.45) is 0 Å². The number of benzene rings is 3. The van der Waals surface area contributed by atoms with E-state index in [9.17, 15) is 4.79 Å². The zero-order valence-electron chi connectivity index (χ0n) is 17.8. The van der Waals surface area contributed by atoms with E-state index >= 15 is 0 Å². The van der Waals surface area contributed by atoms with Gasteiger partial charge in [-0.25, -0.2) is 0 Å². The summed E-state index contributed by atoms with van der Waals surface area (Å²) in [4.78, 5) is 15.4. The Bertz CT molecular complexity index is 1210. The normalized spacial score (nSPS) is 15.4. The van der Waals surface area contributed by atoms with Gasteiger partial charge in [0.05, 0.1) is 11.7 Å². The molecular weight excluding hydrogens is 382 g/mol. The van der Waals surface area contributed by atoms with Crippen LogP contribution >= 0.6 is 0 Å². The van der Waals surface area contributed by atoms with Crippen LogP contribution in [-0.2, 0) is 13.0 Å². The molecule has 1 unspecified atom stereocenters. The van der Waals surface area contributed by atoms with Gasteiger partial charge in [-0.2, -0.15) is 5.10 Å². The van der Waals surface area contributed by atoms with Crippen LogP contribution in [0.4, 0.5) is 0 Å². The number of fused-ring (bicyclic) bond motifs is 1. The quantitative estimate of drug-likeness (QED) is 0.462. The van der Waals surface area contributed by atoms with E-state index in [1.54, 1.807) is 0 Å². The lowest BCUT2D eigenvalue weighted by Gasteiger charge is -2.27. The highest BCUT2D eigenvalue weighted by molar-refractivity contribution is 6.00. The summed E-state index contributed by atoms with van der Waals surface area (Å²) in [5.41, 5.74) is 8.14. The summed E-state index contributed by atoms with van der Waals surface area (Å²) in [7, 11) is 0. The summed E-state index contributed by atoms with van der Waals surface area (Å²) in [6, 6.07) is 26.9. The molecule has 1 N–H and O–H groups in total. The Morgan fingerprint density at radius 2 is 1.58 bits per heavy atom. The summed E-state index contributed by atoms with van der Waals surface area (Å²) < 4.78 is 0. The Morgan fingerprint density at radius 1 is 0.903 bits per heavy atom. The molecular formula is C27H25N3O. The van der Waals surface area contributed by atoms with E-state index in [4.69, 9.17) is 0 Å². The van der Waals surface area contributed by atoms with Crippen molar-refractivity contribution in [1.82, 2.24) is 15.1 Å². The van der Waals surface area contributed by atoms with Gasteiger partial charge in [-0.15, -0.1) is 0 Å². The number of hydrogen-bond donors (Lipinski definition) is 1.